The van der Waals surface area contributed by atoms with E-state index in [1.165, 1.54) is 7.11 Å². The standard InChI is InChI=1S/C12H18N2O4/c1-12(2,3)18-11(16)14-9(10(15)17-4)8-5-6-13-7-8/h5-7,9,13H,1-4H3,(H,14,16)/t9-/m0/s1. The maximum Gasteiger partial charge on any atom is 0.408 e. The van der Waals surface area contributed by atoms with Gasteiger partial charge in [0.1, 0.15) is 5.60 Å². The number of alkyl carbamates (subject to hydrolysis) is 1. The van der Waals surface area contributed by atoms with Crippen LogP contribution in [0.1, 0.15) is 32.4 Å². The molecule has 1 aromatic rings. The van der Waals surface area contributed by atoms with Crippen LogP contribution in [0, 0.1) is 0 Å². The zero-order chi connectivity index (χ0) is 13.8. The van der Waals surface area contributed by atoms with E-state index in [9.17, 15) is 9.59 Å². The SMILES string of the molecule is COC(=O)[C@@H](NC(=O)OC(C)(C)C)c1cc[nH]c1. The van der Waals surface area contributed by atoms with Crippen molar-refractivity contribution in [2.24, 2.45) is 0 Å². The van der Waals surface area contributed by atoms with Gasteiger partial charge >= 0.3 is 12.1 Å². The van der Waals surface area contributed by atoms with Gasteiger partial charge in [-0.1, -0.05) is 0 Å². The van der Waals surface area contributed by atoms with Crippen molar-refractivity contribution in [3.8, 4) is 0 Å². The third-order valence-electron chi connectivity index (χ3n) is 2.05. The van der Waals surface area contributed by atoms with Crippen LogP contribution in [0.2, 0.25) is 0 Å². The molecule has 1 rings (SSSR count). The van der Waals surface area contributed by atoms with Crippen molar-refractivity contribution in [1.29, 1.82) is 0 Å². The van der Waals surface area contributed by atoms with E-state index in [0.29, 0.717) is 5.56 Å². The van der Waals surface area contributed by atoms with Gasteiger partial charge in [-0.3, -0.25) is 0 Å². The van der Waals surface area contributed by atoms with Gasteiger partial charge in [0.05, 0.1) is 7.11 Å². The first kappa shape index (κ1) is 14.1. The summed E-state index contributed by atoms with van der Waals surface area (Å²) in [6, 6.07) is 0.801. The van der Waals surface area contributed by atoms with Gasteiger partial charge in [0.25, 0.3) is 0 Å². The lowest BCUT2D eigenvalue weighted by atomic mass is 10.1. The number of rotatable bonds is 3. The third-order valence-corrected chi connectivity index (χ3v) is 2.05. The molecule has 100 valence electrons. The van der Waals surface area contributed by atoms with E-state index < -0.39 is 23.7 Å². The van der Waals surface area contributed by atoms with Crippen LogP contribution in [-0.2, 0) is 14.3 Å². The van der Waals surface area contributed by atoms with Crippen LogP contribution in [0.3, 0.4) is 0 Å². The van der Waals surface area contributed by atoms with Crippen LogP contribution in [-0.4, -0.2) is 29.8 Å². The molecule has 2 N–H and O–H groups in total. The number of carbonyl (C=O) groups is 2. The number of carbonyl (C=O) groups excluding carboxylic acids is 2. The van der Waals surface area contributed by atoms with Gasteiger partial charge in [0.2, 0.25) is 0 Å². The van der Waals surface area contributed by atoms with E-state index in [-0.39, 0.29) is 0 Å². The quantitative estimate of drug-likeness (QED) is 0.805. The van der Waals surface area contributed by atoms with E-state index >= 15 is 0 Å². The molecule has 0 saturated heterocycles. The average Bonchev–Trinajstić information content (AvgIpc) is 2.75. The first-order valence-corrected chi connectivity index (χ1v) is 5.53. The van der Waals surface area contributed by atoms with E-state index in [0.717, 1.165) is 0 Å². The molecular formula is C12H18N2O4. The highest BCUT2D eigenvalue weighted by Crippen LogP contribution is 2.15. The highest BCUT2D eigenvalue weighted by molar-refractivity contribution is 5.82. The summed E-state index contributed by atoms with van der Waals surface area (Å²) in [5.41, 5.74) is -0.0178. The Hall–Kier alpha value is -1.98. The molecule has 6 heteroatoms. The monoisotopic (exact) mass is 254 g/mol. The zero-order valence-electron chi connectivity index (χ0n) is 10.9. The number of aromatic amines is 1. The van der Waals surface area contributed by atoms with Gasteiger partial charge in [-0.25, -0.2) is 9.59 Å². The molecule has 0 aliphatic heterocycles. The minimum absolute atomic E-state index is 0.555. The Kier molecular flexibility index (Phi) is 4.36. The molecule has 0 radical (unpaired) electrons. The van der Waals surface area contributed by atoms with Gasteiger partial charge in [-0.2, -0.15) is 0 Å². The number of hydrogen-bond donors (Lipinski definition) is 2. The summed E-state index contributed by atoms with van der Waals surface area (Å²) in [7, 11) is 1.26. The molecule has 0 bridgehead atoms. The van der Waals surface area contributed by atoms with E-state index in [1.54, 1.807) is 39.2 Å². The molecule has 0 spiro atoms. The first-order valence-electron chi connectivity index (χ1n) is 5.53. The second-order valence-corrected chi connectivity index (χ2v) is 4.75. The maximum absolute atomic E-state index is 11.6. The lowest BCUT2D eigenvalue weighted by Crippen LogP contribution is -2.38. The number of esters is 1. The number of nitrogens with one attached hydrogen (secondary N) is 2. The average molecular weight is 254 g/mol. The van der Waals surface area contributed by atoms with E-state index in [2.05, 4.69) is 15.0 Å². The lowest BCUT2D eigenvalue weighted by Gasteiger charge is -2.22. The van der Waals surface area contributed by atoms with Crippen LogP contribution in [0.25, 0.3) is 0 Å². The highest BCUT2D eigenvalue weighted by Gasteiger charge is 2.26. The highest BCUT2D eigenvalue weighted by atomic mass is 16.6. The van der Waals surface area contributed by atoms with Gasteiger partial charge in [0.15, 0.2) is 6.04 Å². The Labute approximate surface area is 106 Å². The molecule has 18 heavy (non-hydrogen) atoms. The second-order valence-electron chi connectivity index (χ2n) is 4.75. The van der Waals surface area contributed by atoms with Crippen LogP contribution >= 0.6 is 0 Å². The summed E-state index contributed by atoms with van der Waals surface area (Å²) in [5.74, 6) is -0.555. The summed E-state index contributed by atoms with van der Waals surface area (Å²) in [5, 5.41) is 2.47. The predicted octanol–water partition coefficient (Wildman–Crippen LogP) is 1.75. The molecule has 1 amide bonds. The normalized spacial score (nSPS) is 12.7. The maximum atomic E-state index is 11.6. The molecule has 1 heterocycles. The molecule has 1 aromatic heterocycles. The molecule has 0 aliphatic carbocycles. The topological polar surface area (TPSA) is 80.4 Å². The summed E-state index contributed by atoms with van der Waals surface area (Å²) in [6.45, 7) is 5.24. The lowest BCUT2D eigenvalue weighted by molar-refractivity contribution is -0.143. The van der Waals surface area contributed by atoms with Crippen LogP contribution < -0.4 is 5.32 Å². The van der Waals surface area contributed by atoms with Gasteiger partial charge in [0, 0.05) is 18.0 Å². The number of hydrogen-bond acceptors (Lipinski definition) is 4. The molecule has 0 fully saturated rings. The summed E-state index contributed by atoms with van der Waals surface area (Å²) in [6.07, 6.45) is 2.60. The molecule has 0 aromatic carbocycles. The molecule has 0 saturated carbocycles. The second kappa shape index (κ2) is 5.57. The van der Waals surface area contributed by atoms with Crippen molar-refractivity contribution in [2.75, 3.05) is 7.11 Å². The summed E-state index contributed by atoms with van der Waals surface area (Å²) >= 11 is 0. The Bertz CT molecular complexity index is 406. The Morgan fingerprint density at radius 3 is 2.50 bits per heavy atom. The van der Waals surface area contributed by atoms with Crippen LogP contribution in [0.4, 0.5) is 4.79 Å². The fraction of sp³-hybridized carbons (Fsp3) is 0.500. The van der Waals surface area contributed by atoms with Gasteiger partial charge in [-0.05, 0) is 26.8 Å². The zero-order valence-corrected chi connectivity index (χ0v) is 10.9. The molecular weight excluding hydrogens is 236 g/mol. The number of ether oxygens (including phenoxy) is 2. The van der Waals surface area contributed by atoms with Gasteiger partial charge in [-0.15, -0.1) is 0 Å². The first-order chi connectivity index (χ1) is 8.33. The van der Waals surface area contributed by atoms with Crippen molar-refractivity contribution in [2.45, 2.75) is 32.4 Å². The largest absolute Gasteiger partial charge is 0.467 e. The Morgan fingerprint density at radius 1 is 1.39 bits per heavy atom. The van der Waals surface area contributed by atoms with Crippen LogP contribution in [0.5, 0.6) is 0 Å². The molecule has 1 atom stereocenters. The van der Waals surface area contributed by atoms with Crippen molar-refractivity contribution < 1.29 is 19.1 Å². The summed E-state index contributed by atoms with van der Waals surface area (Å²) < 4.78 is 9.74. The fourth-order valence-electron chi connectivity index (χ4n) is 1.34. The van der Waals surface area contributed by atoms with E-state index in [1.807, 2.05) is 0 Å². The Balaban J connectivity index is 2.75. The summed E-state index contributed by atoms with van der Waals surface area (Å²) in [4.78, 5) is 26.0. The Morgan fingerprint density at radius 2 is 2.06 bits per heavy atom. The third kappa shape index (κ3) is 4.12. The number of aromatic nitrogens is 1. The van der Waals surface area contributed by atoms with Gasteiger partial charge < -0.3 is 19.8 Å². The number of amides is 1. The van der Waals surface area contributed by atoms with Crippen molar-refractivity contribution in [3.63, 3.8) is 0 Å². The molecule has 6 nitrogen and oxygen atoms in total. The van der Waals surface area contributed by atoms with Crippen LogP contribution in [0.15, 0.2) is 18.5 Å². The number of methoxy groups -OCH3 is 1. The van der Waals surface area contributed by atoms with Crippen molar-refractivity contribution in [1.82, 2.24) is 10.3 Å². The fourth-order valence-corrected chi connectivity index (χ4v) is 1.34. The van der Waals surface area contributed by atoms with Crippen molar-refractivity contribution in [3.05, 3.63) is 24.0 Å². The molecule has 0 aliphatic rings. The predicted molar refractivity (Wildman–Crippen MR) is 64.9 cm³/mol. The minimum atomic E-state index is -0.879. The smallest absolute Gasteiger partial charge is 0.408 e. The number of H-pyrrole nitrogens is 1. The van der Waals surface area contributed by atoms with E-state index in [4.69, 9.17) is 4.74 Å². The molecule has 0 unspecified atom stereocenters. The van der Waals surface area contributed by atoms with Crippen molar-refractivity contribution >= 4 is 12.1 Å². The minimum Gasteiger partial charge on any atom is -0.467 e.